The van der Waals surface area contributed by atoms with Crippen molar-refractivity contribution in [1.82, 2.24) is 9.80 Å². The first-order valence-electron chi connectivity index (χ1n) is 14.7. The van der Waals surface area contributed by atoms with E-state index in [-0.39, 0.29) is 30.2 Å². The molecule has 5 rings (SSSR count). The van der Waals surface area contributed by atoms with Gasteiger partial charge in [0, 0.05) is 24.1 Å². The highest BCUT2D eigenvalue weighted by atomic mass is 16.5. The zero-order valence-corrected chi connectivity index (χ0v) is 25.8. The summed E-state index contributed by atoms with van der Waals surface area (Å²) in [6.45, 7) is 4.78. The van der Waals surface area contributed by atoms with E-state index in [4.69, 9.17) is 10.5 Å². The van der Waals surface area contributed by atoms with Crippen LogP contribution in [0.3, 0.4) is 0 Å². The number of benzene rings is 2. The van der Waals surface area contributed by atoms with Crippen LogP contribution in [0.5, 0.6) is 11.5 Å². The summed E-state index contributed by atoms with van der Waals surface area (Å²) in [5, 5.41) is 22.7. The van der Waals surface area contributed by atoms with Gasteiger partial charge in [-0.2, -0.15) is 0 Å². The molecular formula is C33H39N3O8. The average molecular weight is 606 g/mol. The van der Waals surface area contributed by atoms with Crippen LogP contribution < -0.4 is 10.5 Å². The molecule has 0 aliphatic heterocycles. The molecular weight excluding hydrogens is 566 g/mol. The molecule has 0 heterocycles. The molecule has 0 saturated heterocycles. The lowest BCUT2D eigenvalue weighted by molar-refractivity contribution is -0.181. The van der Waals surface area contributed by atoms with Gasteiger partial charge >= 0.3 is 0 Å². The number of fused-ring (bicyclic) bond motifs is 3. The third-order valence-electron chi connectivity index (χ3n) is 9.84. The Morgan fingerprint density at radius 1 is 1.09 bits per heavy atom. The maximum atomic E-state index is 14.1. The van der Waals surface area contributed by atoms with Crippen LogP contribution in [0.1, 0.15) is 41.8 Å². The van der Waals surface area contributed by atoms with E-state index in [1.807, 2.05) is 25.2 Å². The Bertz CT molecular complexity index is 1580. The number of ether oxygens (including phenoxy) is 1. The first kappa shape index (κ1) is 31.5. The number of carbonyl (C=O) groups excluding carboxylic acids is 5. The average Bonchev–Trinajstić information content (AvgIpc) is 2.94. The molecule has 0 spiro atoms. The molecule has 3 aliphatic carbocycles. The summed E-state index contributed by atoms with van der Waals surface area (Å²) in [7, 11) is 6.72. The van der Waals surface area contributed by atoms with Crippen molar-refractivity contribution in [3.05, 3.63) is 47.0 Å². The molecule has 0 aromatic heterocycles. The molecule has 1 amide bonds. The standard InChI is InChI=1S/C33H39N3O8/c1-15(2)36(5)14-18-11-16(7-10-23(18)44-6)19-8-9-22(37)25-20(19)12-17-13-21-27(35(3)4)29(39)26(32(34)42)31(41)33(21,43)30(40)24(17)28(25)38/h7-11,15,17,21,24,26-27,37,43H,12-14H2,1-6H3,(H2,34,42)/t17-,21-,24?,26?,27-,33-/m0/s1. The Balaban J connectivity index is 1.62. The van der Waals surface area contributed by atoms with Gasteiger partial charge in [-0.1, -0.05) is 12.1 Å². The lowest BCUT2D eigenvalue weighted by atomic mass is 9.52. The van der Waals surface area contributed by atoms with E-state index in [1.54, 1.807) is 27.3 Å². The summed E-state index contributed by atoms with van der Waals surface area (Å²) in [5.41, 5.74) is 5.56. The zero-order chi connectivity index (χ0) is 32.4. The molecule has 0 bridgehead atoms. The summed E-state index contributed by atoms with van der Waals surface area (Å²) < 4.78 is 5.61. The third kappa shape index (κ3) is 4.65. The number of rotatable bonds is 7. The lowest BCUT2D eigenvalue weighted by Gasteiger charge is -2.52. The van der Waals surface area contributed by atoms with Gasteiger partial charge in [-0.3, -0.25) is 33.8 Å². The number of primary amides is 1. The number of ketones is 4. The van der Waals surface area contributed by atoms with Crippen LogP contribution in [0.2, 0.25) is 0 Å². The molecule has 2 aromatic carbocycles. The molecule has 2 aromatic rings. The van der Waals surface area contributed by atoms with Gasteiger partial charge in [0.15, 0.2) is 34.7 Å². The van der Waals surface area contributed by atoms with Gasteiger partial charge < -0.3 is 20.7 Å². The second-order valence-corrected chi connectivity index (χ2v) is 12.8. The number of methoxy groups -OCH3 is 1. The number of aliphatic hydroxyl groups is 1. The summed E-state index contributed by atoms with van der Waals surface area (Å²) >= 11 is 0. The van der Waals surface area contributed by atoms with E-state index in [0.29, 0.717) is 23.4 Å². The first-order chi connectivity index (χ1) is 20.6. The number of hydrogen-bond donors (Lipinski definition) is 3. The van der Waals surface area contributed by atoms with Gasteiger partial charge in [-0.05, 0) is 88.6 Å². The molecule has 3 aliphatic rings. The number of carbonyl (C=O) groups is 5. The highest BCUT2D eigenvalue weighted by molar-refractivity contribution is 6.32. The first-order valence-corrected chi connectivity index (χ1v) is 14.7. The van der Waals surface area contributed by atoms with E-state index in [9.17, 15) is 34.2 Å². The molecule has 11 heteroatoms. The minimum Gasteiger partial charge on any atom is -0.507 e. The monoisotopic (exact) mass is 605 g/mol. The fourth-order valence-electron chi connectivity index (χ4n) is 7.40. The summed E-state index contributed by atoms with van der Waals surface area (Å²) in [6, 6.07) is 7.97. The minimum absolute atomic E-state index is 0.00790. The largest absolute Gasteiger partial charge is 0.507 e. The van der Waals surface area contributed by atoms with Crippen molar-refractivity contribution >= 4 is 29.0 Å². The number of aromatic hydroxyl groups is 1. The molecule has 2 unspecified atom stereocenters. The molecule has 6 atom stereocenters. The minimum atomic E-state index is -2.75. The van der Waals surface area contributed by atoms with E-state index in [0.717, 1.165) is 11.1 Å². The number of phenolic OH excluding ortho intramolecular Hbond substituents is 1. The molecule has 2 fully saturated rings. The van der Waals surface area contributed by atoms with Crippen LogP contribution in [0.15, 0.2) is 30.3 Å². The van der Waals surface area contributed by atoms with E-state index < -0.39 is 64.4 Å². The van der Waals surface area contributed by atoms with Crippen molar-refractivity contribution in [1.29, 1.82) is 0 Å². The van der Waals surface area contributed by atoms with Gasteiger partial charge in [0.25, 0.3) is 0 Å². The third-order valence-corrected chi connectivity index (χ3v) is 9.84. The normalized spacial score (nSPS) is 28.3. The van der Waals surface area contributed by atoms with Crippen LogP contribution in [0.25, 0.3) is 11.1 Å². The van der Waals surface area contributed by atoms with Gasteiger partial charge in [0.2, 0.25) is 5.91 Å². The number of Topliss-reactive ketones (excluding diaryl/α,β-unsaturated/α-hetero) is 4. The van der Waals surface area contributed by atoms with E-state index in [1.165, 1.54) is 11.0 Å². The number of nitrogens with zero attached hydrogens (tertiary/aromatic N) is 2. The smallest absolute Gasteiger partial charge is 0.235 e. The van der Waals surface area contributed by atoms with Crippen molar-refractivity contribution < 1.29 is 38.9 Å². The molecule has 11 nitrogen and oxygen atoms in total. The second-order valence-electron chi connectivity index (χ2n) is 12.8. The maximum Gasteiger partial charge on any atom is 0.235 e. The van der Waals surface area contributed by atoms with Gasteiger partial charge in [0.05, 0.1) is 24.6 Å². The fourth-order valence-corrected chi connectivity index (χ4v) is 7.40. The number of amides is 1. The van der Waals surface area contributed by atoms with Gasteiger partial charge in [-0.25, -0.2) is 0 Å². The highest BCUT2D eigenvalue weighted by Crippen LogP contribution is 2.52. The lowest BCUT2D eigenvalue weighted by Crippen LogP contribution is -2.74. The Labute approximate surface area is 256 Å². The Kier molecular flexibility index (Phi) is 8.02. The van der Waals surface area contributed by atoms with Crippen molar-refractivity contribution in [2.45, 2.75) is 50.9 Å². The summed E-state index contributed by atoms with van der Waals surface area (Å²) in [5.74, 6) is -9.97. The van der Waals surface area contributed by atoms with Crippen molar-refractivity contribution in [2.24, 2.45) is 29.4 Å². The van der Waals surface area contributed by atoms with Crippen molar-refractivity contribution in [3.8, 4) is 22.6 Å². The topological polar surface area (TPSA) is 168 Å². The Morgan fingerprint density at radius 3 is 2.36 bits per heavy atom. The van der Waals surface area contributed by atoms with Crippen LogP contribution in [-0.2, 0) is 32.1 Å². The zero-order valence-electron chi connectivity index (χ0n) is 25.8. The van der Waals surface area contributed by atoms with Gasteiger partial charge in [-0.15, -0.1) is 0 Å². The van der Waals surface area contributed by atoms with Crippen LogP contribution in [0, 0.1) is 23.7 Å². The van der Waals surface area contributed by atoms with Crippen LogP contribution in [0.4, 0.5) is 0 Å². The quantitative estimate of drug-likeness (QED) is 0.392. The predicted octanol–water partition coefficient (Wildman–Crippen LogP) is 1.38. The molecule has 0 radical (unpaired) electrons. The maximum absolute atomic E-state index is 14.1. The van der Waals surface area contributed by atoms with Crippen molar-refractivity contribution in [3.63, 3.8) is 0 Å². The summed E-state index contributed by atoms with van der Waals surface area (Å²) in [6.07, 6.45) is 0.175. The molecule has 44 heavy (non-hydrogen) atoms. The van der Waals surface area contributed by atoms with Crippen molar-refractivity contribution in [2.75, 3.05) is 28.3 Å². The molecule has 234 valence electrons. The van der Waals surface area contributed by atoms with Gasteiger partial charge in [0.1, 0.15) is 11.5 Å². The summed E-state index contributed by atoms with van der Waals surface area (Å²) in [4.78, 5) is 70.7. The number of phenols is 1. The predicted molar refractivity (Wildman–Crippen MR) is 160 cm³/mol. The number of hydrogen-bond acceptors (Lipinski definition) is 10. The SMILES string of the molecule is COc1ccc(-c2ccc(O)c3c2C[C@H]2C[C@H]4[C@H](N(C)C)C(=O)C(C(N)=O)C(=O)[C@@]4(O)C(=O)C2C3=O)cc1CN(C)C(C)C. The number of likely N-dealkylation sites (N-methyl/N-ethyl adjacent to an activating group) is 1. The second kappa shape index (κ2) is 11.2. The number of nitrogens with two attached hydrogens (primary N) is 1. The van der Waals surface area contributed by atoms with Crippen LogP contribution in [-0.4, -0.2) is 95.0 Å². The molecule has 2 saturated carbocycles. The van der Waals surface area contributed by atoms with E-state index >= 15 is 0 Å². The highest BCUT2D eigenvalue weighted by Gasteiger charge is 2.69. The van der Waals surface area contributed by atoms with Crippen LogP contribution >= 0.6 is 0 Å². The van der Waals surface area contributed by atoms with E-state index in [2.05, 4.69) is 18.7 Å². The Hall–Kier alpha value is -3.93. The molecule has 4 N–H and O–H groups in total. The fraction of sp³-hybridized carbons (Fsp3) is 0.485. The Morgan fingerprint density at radius 2 is 1.77 bits per heavy atom.